The van der Waals surface area contributed by atoms with Crippen molar-refractivity contribution < 1.29 is 5.11 Å². The molecule has 0 aliphatic heterocycles. The molecule has 0 saturated heterocycles. The van der Waals surface area contributed by atoms with Crippen molar-refractivity contribution in [1.29, 1.82) is 0 Å². The number of thiophene rings is 1. The standard InChI is InChI=1S/C11H15BrOS/c1-11(4-2-3-5-11)10(13)8-6-14-7-9(8)12/h6-7,10,13H,2-5H2,1H3. The zero-order chi connectivity index (χ0) is 10.2. The van der Waals surface area contributed by atoms with Crippen molar-refractivity contribution in [3.63, 3.8) is 0 Å². The highest BCUT2D eigenvalue weighted by atomic mass is 79.9. The summed E-state index contributed by atoms with van der Waals surface area (Å²) in [4.78, 5) is 0. The topological polar surface area (TPSA) is 20.2 Å². The maximum atomic E-state index is 10.3. The molecule has 1 aromatic heterocycles. The zero-order valence-electron chi connectivity index (χ0n) is 8.29. The minimum Gasteiger partial charge on any atom is -0.388 e. The first kappa shape index (κ1) is 10.7. The van der Waals surface area contributed by atoms with Crippen LogP contribution >= 0.6 is 27.3 Å². The summed E-state index contributed by atoms with van der Waals surface area (Å²) in [6.45, 7) is 2.20. The molecule has 1 N–H and O–H groups in total. The van der Waals surface area contributed by atoms with Crippen LogP contribution in [0.2, 0.25) is 0 Å². The van der Waals surface area contributed by atoms with Crippen LogP contribution in [0, 0.1) is 5.41 Å². The van der Waals surface area contributed by atoms with Crippen LogP contribution in [-0.2, 0) is 0 Å². The second-order valence-electron chi connectivity index (χ2n) is 4.44. The van der Waals surface area contributed by atoms with E-state index in [1.807, 2.05) is 5.38 Å². The van der Waals surface area contributed by atoms with E-state index >= 15 is 0 Å². The fourth-order valence-electron chi connectivity index (χ4n) is 2.32. The number of aliphatic hydroxyl groups is 1. The van der Waals surface area contributed by atoms with E-state index in [9.17, 15) is 5.11 Å². The predicted molar refractivity (Wildman–Crippen MR) is 63.6 cm³/mol. The van der Waals surface area contributed by atoms with Gasteiger partial charge in [0, 0.05) is 15.4 Å². The van der Waals surface area contributed by atoms with Gasteiger partial charge in [0.1, 0.15) is 0 Å². The van der Waals surface area contributed by atoms with Gasteiger partial charge in [0.2, 0.25) is 0 Å². The van der Waals surface area contributed by atoms with Gasteiger partial charge in [-0.3, -0.25) is 0 Å². The molecule has 2 rings (SSSR count). The maximum Gasteiger partial charge on any atom is 0.0862 e. The van der Waals surface area contributed by atoms with Gasteiger partial charge in [-0.1, -0.05) is 19.8 Å². The molecule has 78 valence electrons. The summed E-state index contributed by atoms with van der Waals surface area (Å²) < 4.78 is 1.06. The van der Waals surface area contributed by atoms with E-state index in [2.05, 4.69) is 28.2 Å². The molecule has 0 aromatic carbocycles. The zero-order valence-corrected chi connectivity index (χ0v) is 10.7. The molecule has 1 fully saturated rings. The first-order valence-corrected chi connectivity index (χ1v) is 6.77. The smallest absolute Gasteiger partial charge is 0.0862 e. The Labute approximate surface area is 97.3 Å². The Kier molecular flexibility index (Phi) is 3.01. The van der Waals surface area contributed by atoms with Crippen molar-refractivity contribution >= 4 is 27.3 Å². The van der Waals surface area contributed by atoms with Crippen LogP contribution in [0.1, 0.15) is 44.3 Å². The third-order valence-corrected chi connectivity index (χ3v) is 5.09. The minimum atomic E-state index is -0.300. The highest BCUT2D eigenvalue weighted by Crippen LogP contribution is 2.48. The summed E-state index contributed by atoms with van der Waals surface area (Å²) in [5.74, 6) is 0. The highest BCUT2D eigenvalue weighted by molar-refractivity contribution is 9.10. The molecule has 1 aliphatic carbocycles. The fourth-order valence-corrected chi connectivity index (χ4v) is 3.85. The van der Waals surface area contributed by atoms with E-state index in [4.69, 9.17) is 0 Å². The number of rotatable bonds is 2. The Hall–Kier alpha value is 0.140. The van der Waals surface area contributed by atoms with Gasteiger partial charge in [-0.25, -0.2) is 0 Å². The van der Waals surface area contributed by atoms with Crippen LogP contribution in [0.25, 0.3) is 0 Å². The Bertz CT molecular complexity index is 315. The van der Waals surface area contributed by atoms with Crippen LogP contribution in [0.5, 0.6) is 0 Å². The lowest BCUT2D eigenvalue weighted by molar-refractivity contribution is 0.0406. The van der Waals surface area contributed by atoms with Crippen LogP contribution in [0.4, 0.5) is 0 Å². The van der Waals surface area contributed by atoms with Crippen LogP contribution in [0.3, 0.4) is 0 Å². The lowest BCUT2D eigenvalue weighted by atomic mass is 9.80. The van der Waals surface area contributed by atoms with Crippen LogP contribution in [-0.4, -0.2) is 5.11 Å². The predicted octanol–water partition coefficient (Wildman–Crippen LogP) is 4.12. The fraction of sp³-hybridized carbons (Fsp3) is 0.636. The molecular weight excluding hydrogens is 260 g/mol. The monoisotopic (exact) mass is 274 g/mol. The van der Waals surface area contributed by atoms with Gasteiger partial charge in [-0.2, -0.15) is 11.3 Å². The summed E-state index contributed by atoms with van der Waals surface area (Å²) >= 11 is 5.13. The minimum absolute atomic E-state index is 0.101. The number of hydrogen-bond acceptors (Lipinski definition) is 2. The molecule has 1 nitrogen and oxygen atoms in total. The molecule has 14 heavy (non-hydrogen) atoms. The van der Waals surface area contributed by atoms with Crippen molar-refractivity contribution in [2.24, 2.45) is 5.41 Å². The summed E-state index contributed by atoms with van der Waals surface area (Å²) in [6, 6.07) is 0. The molecule has 0 amide bonds. The molecule has 1 aromatic rings. The molecule has 1 saturated carbocycles. The van der Waals surface area contributed by atoms with Crippen LogP contribution in [0.15, 0.2) is 15.2 Å². The van der Waals surface area contributed by atoms with E-state index in [1.54, 1.807) is 11.3 Å². The third kappa shape index (κ3) is 1.77. The second-order valence-corrected chi connectivity index (χ2v) is 6.04. The maximum absolute atomic E-state index is 10.3. The molecule has 0 spiro atoms. The largest absolute Gasteiger partial charge is 0.388 e. The molecule has 1 aliphatic rings. The molecule has 1 atom stereocenters. The average molecular weight is 275 g/mol. The first-order chi connectivity index (χ1) is 6.63. The van der Waals surface area contributed by atoms with Gasteiger partial charge >= 0.3 is 0 Å². The van der Waals surface area contributed by atoms with Gasteiger partial charge in [0.05, 0.1) is 6.10 Å². The summed E-state index contributed by atoms with van der Waals surface area (Å²) in [7, 11) is 0. The molecular formula is C11H15BrOS. The quantitative estimate of drug-likeness (QED) is 0.860. The lowest BCUT2D eigenvalue weighted by Gasteiger charge is -2.29. The van der Waals surface area contributed by atoms with Crippen molar-refractivity contribution in [2.75, 3.05) is 0 Å². The Morgan fingerprint density at radius 2 is 2.07 bits per heavy atom. The number of aliphatic hydroxyl groups excluding tert-OH is 1. The Morgan fingerprint density at radius 1 is 1.43 bits per heavy atom. The normalized spacial score (nSPS) is 22.5. The van der Waals surface area contributed by atoms with E-state index in [0.29, 0.717) is 0 Å². The molecule has 0 radical (unpaired) electrons. The molecule has 1 unspecified atom stereocenters. The summed E-state index contributed by atoms with van der Waals surface area (Å²) in [5, 5.41) is 14.4. The summed E-state index contributed by atoms with van der Waals surface area (Å²) in [5.41, 5.74) is 1.17. The van der Waals surface area contributed by atoms with Crippen molar-refractivity contribution in [3.8, 4) is 0 Å². The van der Waals surface area contributed by atoms with E-state index in [1.165, 1.54) is 12.8 Å². The number of hydrogen-bond donors (Lipinski definition) is 1. The average Bonchev–Trinajstić information content (AvgIpc) is 2.74. The van der Waals surface area contributed by atoms with Crippen molar-refractivity contribution in [2.45, 2.75) is 38.7 Å². The van der Waals surface area contributed by atoms with Gasteiger partial charge in [-0.05, 0) is 39.6 Å². The van der Waals surface area contributed by atoms with E-state index in [-0.39, 0.29) is 11.5 Å². The molecule has 1 heterocycles. The highest BCUT2D eigenvalue weighted by Gasteiger charge is 2.37. The van der Waals surface area contributed by atoms with E-state index in [0.717, 1.165) is 22.9 Å². The SMILES string of the molecule is CC1(C(O)c2cscc2Br)CCCC1. The van der Waals surface area contributed by atoms with Gasteiger partial charge in [0.25, 0.3) is 0 Å². The molecule has 0 bridgehead atoms. The van der Waals surface area contributed by atoms with Crippen molar-refractivity contribution in [3.05, 3.63) is 20.8 Å². The Balaban J connectivity index is 2.23. The van der Waals surface area contributed by atoms with Gasteiger partial charge in [-0.15, -0.1) is 0 Å². The third-order valence-electron chi connectivity index (χ3n) is 3.34. The Morgan fingerprint density at radius 3 is 2.57 bits per heavy atom. The van der Waals surface area contributed by atoms with Gasteiger partial charge < -0.3 is 5.11 Å². The van der Waals surface area contributed by atoms with Gasteiger partial charge in [0.15, 0.2) is 0 Å². The summed E-state index contributed by atoms with van der Waals surface area (Å²) in [6.07, 6.45) is 4.52. The van der Waals surface area contributed by atoms with E-state index < -0.39 is 0 Å². The lowest BCUT2D eigenvalue weighted by Crippen LogP contribution is -2.21. The molecule has 3 heteroatoms. The second kappa shape index (κ2) is 3.95. The number of halogens is 1. The van der Waals surface area contributed by atoms with Crippen LogP contribution < -0.4 is 0 Å². The van der Waals surface area contributed by atoms with Crippen molar-refractivity contribution in [1.82, 2.24) is 0 Å². The first-order valence-electron chi connectivity index (χ1n) is 5.03.